The summed E-state index contributed by atoms with van der Waals surface area (Å²) in [5.41, 5.74) is 1.95. The number of benzene rings is 1. The predicted molar refractivity (Wildman–Crippen MR) is 116 cm³/mol. The minimum Gasteiger partial charge on any atom is -0.256 e. The highest BCUT2D eigenvalue weighted by atomic mass is 32.2. The van der Waals surface area contributed by atoms with E-state index in [-0.39, 0.29) is 11.9 Å². The normalized spacial score (nSPS) is 17.0. The van der Waals surface area contributed by atoms with Crippen molar-refractivity contribution in [1.29, 1.82) is 0 Å². The second kappa shape index (κ2) is 10.2. The molecule has 1 aliphatic heterocycles. The molecule has 0 aliphatic carbocycles. The maximum Gasteiger partial charge on any atom is 0.297 e. The SMILES string of the molecule is C=C(NS(N)(=O)=O)N1N=C(C)CC1c1ccccc1.CC(C)CN(C)S(C)(=O)=O. The largest absolute Gasteiger partial charge is 0.297 e. The lowest BCUT2D eigenvalue weighted by Gasteiger charge is -2.25. The molecule has 0 spiro atoms. The van der Waals surface area contributed by atoms with Gasteiger partial charge >= 0.3 is 0 Å². The molecule has 0 saturated carbocycles. The number of hydrogen-bond donors (Lipinski definition) is 2. The molecule has 9 nitrogen and oxygen atoms in total. The third-order valence-corrected chi connectivity index (χ3v) is 5.77. The molecule has 0 saturated heterocycles. The molecule has 1 heterocycles. The van der Waals surface area contributed by atoms with Crippen molar-refractivity contribution in [2.75, 3.05) is 19.8 Å². The molecule has 1 aromatic rings. The van der Waals surface area contributed by atoms with Crippen LogP contribution >= 0.6 is 0 Å². The smallest absolute Gasteiger partial charge is 0.256 e. The Morgan fingerprint density at radius 3 is 2.28 bits per heavy atom. The van der Waals surface area contributed by atoms with Gasteiger partial charge in [0.25, 0.3) is 10.2 Å². The van der Waals surface area contributed by atoms with Crippen molar-refractivity contribution in [2.45, 2.75) is 33.2 Å². The summed E-state index contributed by atoms with van der Waals surface area (Å²) in [6.45, 7) is 10.1. The van der Waals surface area contributed by atoms with Crippen LogP contribution in [0, 0.1) is 5.92 Å². The van der Waals surface area contributed by atoms with E-state index in [0.29, 0.717) is 12.5 Å². The first-order valence-electron chi connectivity index (χ1n) is 8.99. The van der Waals surface area contributed by atoms with E-state index in [4.69, 9.17) is 5.14 Å². The molecule has 1 unspecified atom stereocenters. The van der Waals surface area contributed by atoms with Gasteiger partial charge in [-0.2, -0.15) is 13.5 Å². The minimum absolute atomic E-state index is 0.0667. The molecule has 0 radical (unpaired) electrons. The number of hydrogen-bond acceptors (Lipinski definition) is 6. The number of nitrogens with one attached hydrogen (secondary N) is 1. The van der Waals surface area contributed by atoms with Gasteiger partial charge in [-0.1, -0.05) is 50.8 Å². The summed E-state index contributed by atoms with van der Waals surface area (Å²) in [5.74, 6) is 0.535. The molecule has 1 aliphatic rings. The number of nitrogens with zero attached hydrogens (tertiary/aromatic N) is 3. The van der Waals surface area contributed by atoms with E-state index in [1.54, 1.807) is 12.1 Å². The molecule has 1 aromatic carbocycles. The second-order valence-electron chi connectivity index (χ2n) is 7.34. The van der Waals surface area contributed by atoms with Crippen LogP contribution in [0.25, 0.3) is 0 Å². The van der Waals surface area contributed by atoms with Gasteiger partial charge in [0.05, 0.1) is 12.3 Å². The number of rotatable bonds is 7. The summed E-state index contributed by atoms with van der Waals surface area (Å²) in [4.78, 5) is 0. The van der Waals surface area contributed by atoms with Crippen LogP contribution < -0.4 is 9.86 Å². The van der Waals surface area contributed by atoms with E-state index in [9.17, 15) is 16.8 Å². The highest BCUT2D eigenvalue weighted by molar-refractivity contribution is 7.88. The van der Waals surface area contributed by atoms with Crippen molar-refractivity contribution in [1.82, 2.24) is 14.0 Å². The molecule has 11 heteroatoms. The molecule has 0 bridgehead atoms. The van der Waals surface area contributed by atoms with E-state index >= 15 is 0 Å². The van der Waals surface area contributed by atoms with Crippen LogP contribution in [0.4, 0.5) is 0 Å². The third-order valence-electron chi connectivity index (χ3n) is 3.97. The number of nitrogens with two attached hydrogens (primary N) is 1. The fourth-order valence-corrected chi connectivity index (χ4v) is 3.69. The van der Waals surface area contributed by atoms with Gasteiger partial charge in [-0.25, -0.2) is 22.9 Å². The molecule has 29 heavy (non-hydrogen) atoms. The highest BCUT2D eigenvalue weighted by Crippen LogP contribution is 2.32. The van der Waals surface area contributed by atoms with E-state index < -0.39 is 20.2 Å². The minimum atomic E-state index is -3.84. The van der Waals surface area contributed by atoms with Crippen LogP contribution in [0.2, 0.25) is 0 Å². The van der Waals surface area contributed by atoms with Crippen molar-refractivity contribution < 1.29 is 16.8 Å². The van der Waals surface area contributed by atoms with Gasteiger partial charge in [0.1, 0.15) is 5.82 Å². The highest BCUT2D eigenvalue weighted by Gasteiger charge is 2.28. The van der Waals surface area contributed by atoms with Crippen molar-refractivity contribution in [3.63, 3.8) is 0 Å². The molecule has 2 rings (SSSR count). The van der Waals surface area contributed by atoms with Crippen LogP contribution in [0.5, 0.6) is 0 Å². The summed E-state index contributed by atoms with van der Waals surface area (Å²) < 4.78 is 47.2. The van der Waals surface area contributed by atoms with E-state index in [1.165, 1.54) is 10.6 Å². The molecule has 0 fully saturated rings. The molecule has 0 amide bonds. The van der Waals surface area contributed by atoms with Crippen LogP contribution in [0.3, 0.4) is 0 Å². The van der Waals surface area contributed by atoms with Gasteiger partial charge in [0.15, 0.2) is 0 Å². The summed E-state index contributed by atoms with van der Waals surface area (Å²) in [6, 6.07) is 9.65. The zero-order valence-electron chi connectivity index (χ0n) is 17.5. The second-order valence-corrected chi connectivity index (χ2v) is 10.7. The first-order chi connectivity index (χ1) is 13.2. The predicted octanol–water partition coefficient (Wildman–Crippen LogP) is 1.61. The van der Waals surface area contributed by atoms with E-state index in [0.717, 1.165) is 17.7 Å². The zero-order chi connectivity index (χ0) is 22.4. The van der Waals surface area contributed by atoms with Crippen molar-refractivity contribution in [2.24, 2.45) is 16.2 Å². The van der Waals surface area contributed by atoms with Crippen molar-refractivity contribution >= 4 is 25.9 Å². The maximum absolute atomic E-state index is 11.1. The summed E-state index contributed by atoms with van der Waals surface area (Å²) in [5, 5.41) is 10.8. The van der Waals surface area contributed by atoms with Crippen molar-refractivity contribution in [3.8, 4) is 0 Å². The van der Waals surface area contributed by atoms with Crippen LogP contribution in [0.1, 0.15) is 38.8 Å². The van der Waals surface area contributed by atoms with Crippen LogP contribution in [-0.2, 0) is 20.2 Å². The maximum atomic E-state index is 11.1. The van der Waals surface area contributed by atoms with E-state index in [1.807, 2.05) is 51.1 Å². The molecule has 1 atom stereocenters. The summed E-state index contributed by atoms with van der Waals surface area (Å²) >= 11 is 0. The Morgan fingerprint density at radius 2 is 1.86 bits per heavy atom. The fourth-order valence-electron chi connectivity index (χ4n) is 2.70. The summed E-state index contributed by atoms with van der Waals surface area (Å²) in [6.07, 6.45) is 1.94. The lowest BCUT2D eigenvalue weighted by atomic mass is 10.0. The monoisotopic (exact) mass is 445 g/mol. The lowest BCUT2D eigenvalue weighted by Crippen LogP contribution is -2.36. The number of sulfonamides is 1. The number of hydrazone groups is 1. The van der Waals surface area contributed by atoms with E-state index in [2.05, 4.69) is 16.4 Å². The fraction of sp³-hybridized carbons (Fsp3) is 0.500. The first-order valence-corrected chi connectivity index (χ1v) is 12.4. The Bertz CT molecular complexity index is 928. The average molecular weight is 446 g/mol. The molecule has 0 aromatic heterocycles. The van der Waals surface area contributed by atoms with Crippen LogP contribution in [0.15, 0.2) is 47.8 Å². The van der Waals surface area contributed by atoms with Gasteiger partial charge in [-0.3, -0.25) is 4.72 Å². The lowest BCUT2D eigenvalue weighted by molar-refractivity contribution is 0.290. The first kappa shape index (κ1) is 25.1. The van der Waals surface area contributed by atoms with Gasteiger partial charge in [0.2, 0.25) is 10.0 Å². The Hall–Kier alpha value is -1.95. The average Bonchev–Trinajstić information content (AvgIpc) is 2.95. The Labute approximate surface area is 174 Å². The van der Waals surface area contributed by atoms with Gasteiger partial charge in [0, 0.05) is 25.7 Å². The van der Waals surface area contributed by atoms with Gasteiger partial charge in [-0.05, 0) is 18.4 Å². The zero-order valence-corrected chi connectivity index (χ0v) is 19.2. The van der Waals surface area contributed by atoms with Gasteiger partial charge < -0.3 is 0 Å². The topological polar surface area (TPSA) is 125 Å². The standard InChI is InChI=1S/C12H16N4O2S.C6H15NO2S/c1-9-8-12(11-6-4-3-5-7-11)16(14-9)10(2)15-19(13,17)18;1-6(2)5-7(3)10(4,8)9/h3-7,12,15H,2,8H2,1H3,(H2,13,17,18);6H,5H2,1-4H3. The van der Waals surface area contributed by atoms with Gasteiger partial charge in [-0.15, -0.1) is 0 Å². The Morgan fingerprint density at radius 1 is 1.31 bits per heavy atom. The quantitative estimate of drug-likeness (QED) is 0.659. The molecular formula is C18H31N5O4S2. The Balaban J connectivity index is 0.000000359. The van der Waals surface area contributed by atoms with Crippen molar-refractivity contribution in [3.05, 3.63) is 48.3 Å². The molecule has 3 N–H and O–H groups in total. The Kier molecular flexibility index (Phi) is 8.82. The third kappa shape index (κ3) is 8.94. The van der Waals surface area contributed by atoms with Crippen LogP contribution in [-0.4, -0.2) is 51.7 Å². The summed E-state index contributed by atoms with van der Waals surface area (Å²) in [7, 11) is -5.22. The molecule has 164 valence electrons. The molecular weight excluding hydrogens is 414 g/mol.